The lowest BCUT2D eigenvalue weighted by molar-refractivity contribution is 0.569. The Labute approximate surface area is 123 Å². The molecule has 0 N–H and O–H groups in total. The molecule has 0 aliphatic carbocycles. The molecule has 0 saturated carbocycles. The third kappa shape index (κ3) is 2.73. The van der Waals surface area contributed by atoms with Gasteiger partial charge in [0.2, 0.25) is 0 Å². The highest BCUT2D eigenvalue weighted by Gasteiger charge is 2.23. The summed E-state index contributed by atoms with van der Waals surface area (Å²) in [7, 11) is 0. The molecular formula is C14H16ClNS2. The minimum absolute atomic E-state index is 0.0358. The van der Waals surface area contributed by atoms with Crippen molar-refractivity contribution in [3.8, 4) is 10.6 Å². The van der Waals surface area contributed by atoms with Crippen LogP contribution in [0.5, 0.6) is 0 Å². The van der Waals surface area contributed by atoms with E-state index in [2.05, 4.69) is 33.4 Å². The third-order valence-electron chi connectivity index (χ3n) is 2.66. The van der Waals surface area contributed by atoms with Gasteiger partial charge in [0.15, 0.2) is 0 Å². The summed E-state index contributed by atoms with van der Waals surface area (Å²) in [5.41, 5.74) is 2.16. The van der Waals surface area contributed by atoms with Gasteiger partial charge in [0.05, 0.1) is 10.7 Å². The lowest BCUT2D eigenvalue weighted by atomic mass is 9.91. The number of halogens is 1. The van der Waals surface area contributed by atoms with Gasteiger partial charge in [-0.05, 0) is 6.07 Å². The van der Waals surface area contributed by atoms with Crippen molar-refractivity contribution in [2.75, 3.05) is 0 Å². The molecule has 4 heteroatoms. The minimum Gasteiger partial charge on any atom is -0.240 e. The van der Waals surface area contributed by atoms with Gasteiger partial charge in [-0.2, -0.15) is 12.6 Å². The van der Waals surface area contributed by atoms with E-state index in [1.165, 1.54) is 4.88 Å². The van der Waals surface area contributed by atoms with Gasteiger partial charge >= 0.3 is 0 Å². The van der Waals surface area contributed by atoms with Crippen molar-refractivity contribution in [2.45, 2.75) is 31.9 Å². The largest absolute Gasteiger partial charge is 0.240 e. The first-order chi connectivity index (χ1) is 8.43. The highest BCUT2D eigenvalue weighted by Crippen LogP contribution is 2.37. The summed E-state index contributed by atoms with van der Waals surface area (Å²) in [6.07, 6.45) is 0. The molecule has 2 rings (SSSR count). The number of aromatic nitrogens is 1. The van der Waals surface area contributed by atoms with Gasteiger partial charge in [-0.15, -0.1) is 11.3 Å². The second-order valence-electron chi connectivity index (χ2n) is 5.18. The second-order valence-corrected chi connectivity index (χ2v) is 6.99. The molecule has 0 spiro atoms. The molecule has 0 aliphatic heterocycles. The molecule has 96 valence electrons. The fourth-order valence-corrected chi connectivity index (χ4v) is 3.59. The Morgan fingerprint density at radius 1 is 1.28 bits per heavy atom. The second kappa shape index (κ2) is 5.24. The van der Waals surface area contributed by atoms with E-state index in [9.17, 15) is 0 Å². The maximum Gasteiger partial charge on any atom is 0.125 e. The highest BCUT2D eigenvalue weighted by molar-refractivity contribution is 7.79. The zero-order valence-electron chi connectivity index (χ0n) is 10.7. The van der Waals surface area contributed by atoms with Gasteiger partial charge < -0.3 is 0 Å². The van der Waals surface area contributed by atoms with Crippen LogP contribution >= 0.6 is 35.6 Å². The predicted molar refractivity (Wildman–Crippen MR) is 84.0 cm³/mol. The molecule has 0 amide bonds. The van der Waals surface area contributed by atoms with Gasteiger partial charge in [0.25, 0.3) is 0 Å². The SMILES string of the molecule is CC(C)(C)c1nc(-c2ccccc2Cl)sc1CS. The molecule has 0 atom stereocenters. The summed E-state index contributed by atoms with van der Waals surface area (Å²) in [6.45, 7) is 6.52. The maximum atomic E-state index is 6.23. The Morgan fingerprint density at radius 2 is 1.94 bits per heavy atom. The van der Waals surface area contributed by atoms with Crippen LogP contribution in [-0.2, 0) is 11.2 Å². The summed E-state index contributed by atoms with van der Waals surface area (Å²) in [5.74, 6) is 0.717. The number of rotatable bonds is 2. The number of thiazole rings is 1. The Morgan fingerprint density at radius 3 is 2.44 bits per heavy atom. The van der Waals surface area contributed by atoms with E-state index in [1.807, 2.05) is 24.3 Å². The first kappa shape index (κ1) is 13.9. The molecule has 0 unspecified atom stereocenters. The van der Waals surface area contributed by atoms with Crippen LogP contribution in [0.1, 0.15) is 31.3 Å². The molecular weight excluding hydrogens is 282 g/mol. The Bertz CT molecular complexity index is 555. The van der Waals surface area contributed by atoms with E-state index in [-0.39, 0.29) is 5.41 Å². The van der Waals surface area contributed by atoms with Crippen molar-refractivity contribution in [1.82, 2.24) is 4.98 Å². The summed E-state index contributed by atoms with van der Waals surface area (Å²) < 4.78 is 0. The Balaban J connectivity index is 2.55. The van der Waals surface area contributed by atoms with Gasteiger partial charge in [-0.25, -0.2) is 4.98 Å². The summed E-state index contributed by atoms with van der Waals surface area (Å²) >= 11 is 12.3. The molecule has 1 nitrogen and oxygen atoms in total. The van der Waals surface area contributed by atoms with Gasteiger partial charge in [0, 0.05) is 21.6 Å². The van der Waals surface area contributed by atoms with Gasteiger partial charge in [-0.3, -0.25) is 0 Å². The fraction of sp³-hybridized carbons (Fsp3) is 0.357. The van der Waals surface area contributed by atoms with E-state index in [4.69, 9.17) is 16.6 Å². The van der Waals surface area contributed by atoms with Crippen molar-refractivity contribution >= 4 is 35.6 Å². The summed E-state index contributed by atoms with van der Waals surface area (Å²) in [4.78, 5) is 5.99. The Hall–Kier alpha value is -0.510. The predicted octanol–water partition coefficient (Wildman–Crippen LogP) is 5.19. The molecule has 18 heavy (non-hydrogen) atoms. The van der Waals surface area contributed by atoms with E-state index >= 15 is 0 Å². The maximum absolute atomic E-state index is 6.23. The summed E-state index contributed by atoms with van der Waals surface area (Å²) in [6, 6.07) is 7.83. The zero-order chi connectivity index (χ0) is 13.3. The molecule has 0 radical (unpaired) electrons. The van der Waals surface area contributed by atoms with Crippen LogP contribution in [0.25, 0.3) is 10.6 Å². The number of benzene rings is 1. The average Bonchev–Trinajstić information content (AvgIpc) is 2.73. The number of hydrogen-bond donors (Lipinski definition) is 1. The molecule has 1 aromatic heterocycles. The van der Waals surface area contributed by atoms with Crippen molar-refractivity contribution in [3.63, 3.8) is 0 Å². The van der Waals surface area contributed by atoms with Crippen molar-refractivity contribution in [3.05, 3.63) is 39.9 Å². The van der Waals surface area contributed by atoms with Gasteiger partial charge in [0.1, 0.15) is 5.01 Å². The molecule has 1 heterocycles. The van der Waals surface area contributed by atoms with Crippen molar-refractivity contribution in [1.29, 1.82) is 0 Å². The molecule has 0 fully saturated rings. The normalized spacial score (nSPS) is 11.8. The van der Waals surface area contributed by atoms with Crippen LogP contribution in [0.2, 0.25) is 5.02 Å². The van der Waals surface area contributed by atoms with Crippen molar-refractivity contribution in [2.24, 2.45) is 0 Å². The standard InChI is InChI=1S/C14H16ClNS2/c1-14(2,3)12-11(8-17)18-13(16-12)9-6-4-5-7-10(9)15/h4-7,17H,8H2,1-3H3. The highest BCUT2D eigenvalue weighted by atomic mass is 35.5. The number of nitrogens with zero attached hydrogens (tertiary/aromatic N) is 1. The average molecular weight is 298 g/mol. The molecule has 0 bridgehead atoms. The topological polar surface area (TPSA) is 12.9 Å². The first-order valence-electron chi connectivity index (χ1n) is 5.79. The van der Waals surface area contributed by atoms with Crippen LogP contribution in [0.4, 0.5) is 0 Å². The minimum atomic E-state index is 0.0358. The summed E-state index contributed by atoms with van der Waals surface area (Å²) in [5, 5.41) is 1.73. The van der Waals surface area contributed by atoms with Crippen LogP contribution in [0, 0.1) is 0 Å². The van der Waals surface area contributed by atoms with E-state index in [0.717, 1.165) is 21.3 Å². The number of thiol groups is 1. The molecule has 0 aliphatic rings. The first-order valence-corrected chi connectivity index (χ1v) is 7.62. The van der Waals surface area contributed by atoms with Crippen LogP contribution in [-0.4, -0.2) is 4.98 Å². The van der Waals surface area contributed by atoms with E-state index < -0.39 is 0 Å². The lowest BCUT2D eigenvalue weighted by Gasteiger charge is -2.16. The van der Waals surface area contributed by atoms with Crippen molar-refractivity contribution < 1.29 is 0 Å². The molecule has 1 aromatic carbocycles. The van der Waals surface area contributed by atoms with Crippen LogP contribution in [0.3, 0.4) is 0 Å². The monoisotopic (exact) mass is 297 g/mol. The van der Waals surface area contributed by atoms with E-state index in [0.29, 0.717) is 5.75 Å². The van der Waals surface area contributed by atoms with Crippen LogP contribution in [0.15, 0.2) is 24.3 Å². The van der Waals surface area contributed by atoms with Gasteiger partial charge in [-0.1, -0.05) is 50.6 Å². The smallest absolute Gasteiger partial charge is 0.125 e. The molecule has 0 saturated heterocycles. The number of hydrogen-bond acceptors (Lipinski definition) is 3. The quantitative estimate of drug-likeness (QED) is 0.753. The lowest BCUT2D eigenvalue weighted by Crippen LogP contribution is -2.13. The fourth-order valence-electron chi connectivity index (χ4n) is 1.79. The van der Waals surface area contributed by atoms with Crippen LogP contribution < -0.4 is 0 Å². The molecule has 2 aromatic rings. The third-order valence-corrected chi connectivity index (χ3v) is 4.60. The zero-order valence-corrected chi connectivity index (χ0v) is 13.2. The Kier molecular flexibility index (Phi) is 4.05. The van der Waals surface area contributed by atoms with E-state index in [1.54, 1.807) is 11.3 Å².